The number of unbranched alkanes of at least 4 members (excludes halogenated alkanes) is 1. The van der Waals surface area contributed by atoms with Crippen molar-refractivity contribution in [1.82, 2.24) is 5.32 Å². The number of nitrogens with one attached hydrogen (secondary N) is 2. The number of carbonyl (C=O) groups is 3. The van der Waals surface area contributed by atoms with E-state index in [1.165, 1.54) is 21.3 Å². The molecule has 8 heteroatoms. The summed E-state index contributed by atoms with van der Waals surface area (Å²) >= 11 is 0. The Morgan fingerprint density at radius 2 is 1.54 bits per heavy atom. The number of anilines is 1. The topological polar surface area (TPSA) is 103 Å². The molecule has 0 saturated carbocycles. The molecule has 0 fully saturated rings. The van der Waals surface area contributed by atoms with Gasteiger partial charge in [-0.1, -0.05) is 0 Å². The lowest BCUT2D eigenvalue weighted by molar-refractivity contribution is -0.140. The van der Waals surface area contributed by atoms with Crippen LogP contribution in [0.4, 0.5) is 5.69 Å². The Bertz CT molecular complexity index is 566. The van der Waals surface area contributed by atoms with Gasteiger partial charge in [0, 0.05) is 36.9 Å². The third-order valence-electron chi connectivity index (χ3n) is 3.14. The summed E-state index contributed by atoms with van der Waals surface area (Å²) in [5, 5.41) is 4.96. The second-order valence-electron chi connectivity index (χ2n) is 4.84. The number of hydrogen-bond donors (Lipinski definition) is 2. The van der Waals surface area contributed by atoms with Gasteiger partial charge < -0.3 is 24.8 Å². The lowest BCUT2D eigenvalue weighted by Gasteiger charge is -2.10. The van der Waals surface area contributed by atoms with Gasteiger partial charge in [0.25, 0.3) is 0 Å². The minimum absolute atomic E-state index is 0.280. The van der Waals surface area contributed by atoms with Gasteiger partial charge >= 0.3 is 17.8 Å². The predicted molar refractivity (Wildman–Crippen MR) is 87.1 cm³/mol. The highest BCUT2D eigenvalue weighted by Crippen LogP contribution is 2.25. The molecule has 0 bridgehead atoms. The molecule has 0 unspecified atom stereocenters. The summed E-state index contributed by atoms with van der Waals surface area (Å²) in [6.07, 6.45) is 1.42. The van der Waals surface area contributed by atoms with Gasteiger partial charge in [-0.3, -0.25) is 14.4 Å². The molecule has 2 N–H and O–H groups in total. The van der Waals surface area contributed by atoms with Crippen LogP contribution in [0.1, 0.15) is 19.3 Å². The third kappa shape index (κ3) is 6.55. The van der Waals surface area contributed by atoms with E-state index in [9.17, 15) is 14.4 Å². The van der Waals surface area contributed by atoms with Crippen molar-refractivity contribution in [3.8, 4) is 11.5 Å². The van der Waals surface area contributed by atoms with Crippen molar-refractivity contribution >= 4 is 23.5 Å². The molecule has 132 valence electrons. The highest BCUT2D eigenvalue weighted by molar-refractivity contribution is 6.39. The van der Waals surface area contributed by atoms with Crippen molar-refractivity contribution in [1.29, 1.82) is 0 Å². The van der Waals surface area contributed by atoms with E-state index in [0.717, 1.165) is 0 Å². The summed E-state index contributed by atoms with van der Waals surface area (Å²) in [5.41, 5.74) is 0.386. The second kappa shape index (κ2) is 10.1. The molecule has 0 aliphatic heterocycles. The molecule has 1 aromatic rings. The van der Waals surface area contributed by atoms with Crippen LogP contribution in [-0.4, -0.2) is 45.7 Å². The molecule has 0 spiro atoms. The molecule has 0 atom stereocenters. The fourth-order valence-electron chi connectivity index (χ4n) is 1.85. The predicted octanol–water partition coefficient (Wildman–Crippen LogP) is 1.10. The average Bonchev–Trinajstić information content (AvgIpc) is 2.60. The number of ether oxygens (including phenoxy) is 3. The number of hydrogen-bond acceptors (Lipinski definition) is 6. The van der Waals surface area contributed by atoms with E-state index in [0.29, 0.717) is 36.6 Å². The fourth-order valence-corrected chi connectivity index (χ4v) is 1.85. The first-order valence-corrected chi connectivity index (χ1v) is 7.39. The zero-order valence-electron chi connectivity index (χ0n) is 14.0. The summed E-state index contributed by atoms with van der Waals surface area (Å²) in [6, 6.07) is 4.80. The SMILES string of the molecule is COC(=O)CCCCNC(=O)C(=O)Nc1cc(OC)cc(OC)c1. The molecule has 24 heavy (non-hydrogen) atoms. The maximum Gasteiger partial charge on any atom is 0.313 e. The van der Waals surface area contributed by atoms with Crippen LogP contribution < -0.4 is 20.1 Å². The lowest BCUT2D eigenvalue weighted by Crippen LogP contribution is -2.35. The molecular formula is C16H22N2O6. The zero-order valence-corrected chi connectivity index (χ0v) is 14.0. The monoisotopic (exact) mass is 338 g/mol. The normalized spacial score (nSPS) is 9.79. The Morgan fingerprint density at radius 1 is 0.917 bits per heavy atom. The smallest absolute Gasteiger partial charge is 0.313 e. The van der Waals surface area contributed by atoms with Crippen molar-refractivity contribution in [3.63, 3.8) is 0 Å². The second-order valence-corrected chi connectivity index (χ2v) is 4.84. The molecule has 0 heterocycles. The van der Waals surface area contributed by atoms with Gasteiger partial charge in [-0.05, 0) is 12.8 Å². The van der Waals surface area contributed by atoms with Crippen LogP contribution in [0.25, 0.3) is 0 Å². The number of amides is 2. The number of rotatable bonds is 8. The first-order valence-electron chi connectivity index (χ1n) is 7.39. The average molecular weight is 338 g/mol. The summed E-state index contributed by atoms with van der Waals surface area (Å²) in [4.78, 5) is 34.5. The number of esters is 1. The lowest BCUT2D eigenvalue weighted by atomic mass is 10.2. The van der Waals surface area contributed by atoms with Crippen LogP contribution in [0, 0.1) is 0 Å². The van der Waals surface area contributed by atoms with Crippen LogP contribution >= 0.6 is 0 Å². The Kier molecular flexibility index (Phi) is 8.10. The van der Waals surface area contributed by atoms with E-state index in [1.807, 2.05) is 0 Å². The standard InChI is InChI=1S/C16H22N2O6/c1-22-12-8-11(9-13(10-12)23-2)18-16(21)15(20)17-7-5-4-6-14(19)24-3/h8-10H,4-7H2,1-3H3,(H,17,20)(H,18,21). The van der Waals surface area contributed by atoms with Gasteiger partial charge in [-0.25, -0.2) is 0 Å². The van der Waals surface area contributed by atoms with E-state index >= 15 is 0 Å². The van der Waals surface area contributed by atoms with E-state index in [-0.39, 0.29) is 12.4 Å². The zero-order chi connectivity index (χ0) is 17.9. The summed E-state index contributed by atoms with van der Waals surface area (Å²) in [5.74, 6) is -0.861. The van der Waals surface area contributed by atoms with E-state index in [4.69, 9.17) is 9.47 Å². The minimum atomic E-state index is -0.793. The van der Waals surface area contributed by atoms with Gasteiger partial charge in [0.05, 0.1) is 21.3 Å². The number of benzene rings is 1. The summed E-state index contributed by atoms with van der Waals surface area (Å²) in [6.45, 7) is 0.296. The maximum atomic E-state index is 11.9. The molecular weight excluding hydrogens is 316 g/mol. The highest BCUT2D eigenvalue weighted by Gasteiger charge is 2.14. The quantitative estimate of drug-likeness (QED) is 0.418. The fraction of sp³-hybridized carbons (Fsp3) is 0.438. The molecule has 0 aliphatic carbocycles. The summed E-state index contributed by atoms with van der Waals surface area (Å²) < 4.78 is 14.7. The molecule has 0 aromatic heterocycles. The van der Waals surface area contributed by atoms with Crippen molar-refractivity contribution < 1.29 is 28.6 Å². The maximum absolute atomic E-state index is 11.9. The van der Waals surface area contributed by atoms with Crippen molar-refractivity contribution in [2.45, 2.75) is 19.3 Å². The molecule has 1 aromatic carbocycles. The van der Waals surface area contributed by atoms with Crippen LogP contribution in [-0.2, 0) is 19.1 Å². The third-order valence-corrected chi connectivity index (χ3v) is 3.14. The number of methoxy groups -OCH3 is 3. The van der Waals surface area contributed by atoms with Crippen molar-refractivity contribution in [2.24, 2.45) is 0 Å². The van der Waals surface area contributed by atoms with Crippen LogP contribution in [0.3, 0.4) is 0 Å². The molecule has 8 nitrogen and oxygen atoms in total. The Hall–Kier alpha value is -2.77. The Labute approximate surface area is 140 Å². The van der Waals surface area contributed by atoms with E-state index < -0.39 is 11.8 Å². The van der Waals surface area contributed by atoms with Gasteiger partial charge in [0.1, 0.15) is 11.5 Å². The molecule has 1 rings (SSSR count). The van der Waals surface area contributed by atoms with E-state index in [1.54, 1.807) is 18.2 Å². The minimum Gasteiger partial charge on any atom is -0.497 e. The number of carbonyl (C=O) groups excluding carboxylic acids is 3. The molecule has 0 radical (unpaired) electrons. The Morgan fingerprint density at radius 3 is 2.08 bits per heavy atom. The van der Waals surface area contributed by atoms with Gasteiger partial charge in [0.15, 0.2) is 0 Å². The van der Waals surface area contributed by atoms with E-state index in [2.05, 4.69) is 15.4 Å². The van der Waals surface area contributed by atoms with Crippen molar-refractivity contribution in [3.05, 3.63) is 18.2 Å². The largest absolute Gasteiger partial charge is 0.497 e. The first kappa shape index (κ1) is 19.3. The molecule has 0 aliphatic rings. The van der Waals surface area contributed by atoms with Gasteiger partial charge in [-0.15, -0.1) is 0 Å². The molecule has 0 saturated heterocycles. The first-order chi connectivity index (χ1) is 11.5. The molecule has 2 amide bonds. The van der Waals surface area contributed by atoms with Crippen LogP contribution in [0.5, 0.6) is 11.5 Å². The van der Waals surface area contributed by atoms with Crippen LogP contribution in [0.15, 0.2) is 18.2 Å². The Balaban J connectivity index is 2.44. The highest BCUT2D eigenvalue weighted by atomic mass is 16.5. The van der Waals surface area contributed by atoms with Crippen LogP contribution in [0.2, 0.25) is 0 Å². The van der Waals surface area contributed by atoms with Gasteiger partial charge in [0.2, 0.25) is 0 Å². The van der Waals surface area contributed by atoms with Gasteiger partial charge in [-0.2, -0.15) is 0 Å². The van der Waals surface area contributed by atoms with Crippen molar-refractivity contribution in [2.75, 3.05) is 33.2 Å². The summed E-state index contributed by atoms with van der Waals surface area (Å²) in [7, 11) is 4.30.